The molecule has 0 aliphatic heterocycles. The summed E-state index contributed by atoms with van der Waals surface area (Å²) in [5, 5.41) is 3.41. The van der Waals surface area contributed by atoms with Gasteiger partial charge in [-0.1, -0.05) is 11.6 Å². The topological polar surface area (TPSA) is 38.1 Å². The Morgan fingerprint density at radius 3 is 3.00 bits per heavy atom. The highest BCUT2D eigenvalue weighted by Gasteiger charge is 2.11. The fourth-order valence-electron chi connectivity index (χ4n) is 1.66. The molecule has 0 saturated carbocycles. The van der Waals surface area contributed by atoms with E-state index in [4.69, 9.17) is 16.0 Å². The van der Waals surface area contributed by atoms with Crippen LogP contribution in [0.1, 0.15) is 12.3 Å². The molecule has 1 aromatic heterocycles. The van der Waals surface area contributed by atoms with Gasteiger partial charge in [0.1, 0.15) is 5.82 Å². The molecule has 96 valence electrons. The van der Waals surface area contributed by atoms with Gasteiger partial charge in [0.2, 0.25) is 0 Å². The molecule has 0 fully saturated rings. The Hall–Kier alpha value is -1.39. The highest BCUT2D eigenvalue weighted by Crippen LogP contribution is 2.26. The van der Waals surface area contributed by atoms with Crippen LogP contribution in [0.15, 0.2) is 28.8 Å². The minimum absolute atomic E-state index is 0.366. The number of oxazole rings is 1. The van der Waals surface area contributed by atoms with E-state index >= 15 is 0 Å². The van der Waals surface area contributed by atoms with Crippen molar-refractivity contribution in [1.82, 2.24) is 10.3 Å². The molecule has 2 rings (SSSR count). The Bertz CT molecular complexity index is 527. The van der Waals surface area contributed by atoms with Crippen LogP contribution in [0.4, 0.5) is 4.39 Å². The zero-order valence-corrected chi connectivity index (χ0v) is 10.8. The quantitative estimate of drug-likeness (QED) is 0.846. The molecule has 1 aromatic carbocycles. The van der Waals surface area contributed by atoms with Gasteiger partial charge in [0.25, 0.3) is 0 Å². The number of halogens is 2. The zero-order chi connectivity index (χ0) is 13.0. The molecule has 0 unspecified atom stereocenters. The second-order valence-electron chi connectivity index (χ2n) is 3.95. The largest absolute Gasteiger partial charge is 0.441 e. The van der Waals surface area contributed by atoms with Crippen LogP contribution >= 0.6 is 11.6 Å². The Balaban J connectivity index is 2.13. The van der Waals surface area contributed by atoms with Crippen LogP contribution in [0.25, 0.3) is 11.3 Å². The van der Waals surface area contributed by atoms with Crippen molar-refractivity contribution < 1.29 is 8.81 Å². The van der Waals surface area contributed by atoms with E-state index in [0.717, 1.165) is 19.4 Å². The minimum Gasteiger partial charge on any atom is -0.441 e. The van der Waals surface area contributed by atoms with Crippen molar-refractivity contribution in [2.75, 3.05) is 13.6 Å². The molecule has 5 heteroatoms. The van der Waals surface area contributed by atoms with Crippen LogP contribution in [-0.2, 0) is 6.42 Å². The summed E-state index contributed by atoms with van der Waals surface area (Å²) in [4.78, 5) is 4.13. The molecule has 0 saturated heterocycles. The maximum absolute atomic E-state index is 13.7. The molecule has 0 bridgehead atoms. The van der Waals surface area contributed by atoms with Gasteiger partial charge in [-0.05, 0) is 38.2 Å². The van der Waals surface area contributed by atoms with Gasteiger partial charge in [0.05, 0.1) is 11.8 Å². The number of aromatic nitrogens is 1. The van der Waals surface area contributed by atoms with Gasteiger partial charge >= 0.3 is 0 Å². The van der Waals surface area contributed by atoms with Gasteiger partial charge < -0.3 is 9.73 Å². The molecule has 1 heterocycles. The zero-order valence-electron chi connectivity index (χ0n) is 10.0. The van der Waals surface area contributed by atoms with E-state index in [1.54, 1.807) is 18.3 Å². The number of nitrogens with zero attached hydrogens (tertiary/aromatic N) is 1. The number of aryl methyl sites for hydroxylation is 1. The third-order valence-corrected chi connectivity index (χ3v) is 2.80. The molecule has 0 atom stereocenters. The molecular weight excluding hydrogens is 255 g/mol. The van der Waals surface area contributed by atoms with Crippen molar-refractivity contribution in [3.05, 3.63) is 41.1 Å². The van der Waals surface area contributed by atoms with Gasteiger partial charge in [0.15, 0.2) is 11.7 Å². The maximum Gasteiger partial charge on any atom is 0.194 e. The first kappa shape index (κ1) is 13.1. The lowest BCUT2D eigenvalue weighted by atomic mass is 10.2. The number of rotatable bonds is 5. The monoisotopic (exact) mass is 268 g/mol. The second-order valence-corrected chi connectivity index (χ2v) is 4.39. The summed E-state index contributed by atoms with van der Waals surface area (Å²) >= 11 is 5.70. The summed E-state index contributed by atoms with van der Waals surface area (Å²) in [7, 11) is 1.89. The first-order valence-electron chi connectivity index (χ1n) is 5.75. The third kappa shape index (κ3) is 3.09. The van der Waals surface area contributed by atoms with Crippen LogP contribution in [-0.4, -0.2) is 18.6 Å². The summed E-state index contributed by atoms with van der Waals surface area (Å²) in [5.41, 5.74) is 0.381. The third-order valence-electron chi connectivity index (χ3n) is 2.57. The predicted molar refractivity (Wildman–Crippen MR) is 69.2 cm³/mol. The highest BCUT2D eigenvalue weighted by molar-refractivity contribution is 6.30. The number of hydrogen-bond donors (Lipinski definition) is 1. The molecule has 0 aliphatic rings. The van der Waals surface area contributed by atoms with E-state index in [2.05, 4.69) is 10.3 Å². The van der Waals surface area contributed by atoms with Gasteiger partial charge in [-0.2, -0.15) is 0 Å². The number of hydrogen-bond acceptors (Lipinski definition) is 3. The van der Waals surface area contributed by atoms with E-state index in [1.807, 2.05) is 7.05 Å². The standard InChI is InChI=1S/C13H14ClFN2O/c1-16-6-2-3-13-17-8-12(18-13)10-5-4-9(14)7-11(10)15/h4-5,7-8,16H,2-3,6H2,1H3. The molecule has 2 aromatic rings. The van der Waals surface area contributed by atoms with Crippen LogP contribution in [0.2, 0.25) is 5.02 Å². The molecule has 0 spiro atoms. The molecule has 0 aliphatic carbocycles. The summed E-state index contributed by atoms with van der Waals surface area (Å²) in [6.07, 6.45) is 3.20. The van der Waals surface area contributed by atoms with Crippen molar-refractivity contribution in [3.8, 4) is 11.3 Å². The predicted octanol–water partition coefficient (Wildman–Crippen LogP) is 3.29. The average molecular weight is 269 g/mol. The van der Waals surface area contributed by atoms with Crippen molar-refractivity contribution in [2.24, 2.45) is 0 Å². The fraction of sp³-hybridized carbons (Fsp3) is 0.308. The smallest absolute Gasteiger partial charge is 0.194 e. The van der Waals surface area contributed by atoms with Crippen molar-refractivity contribution in [3.63, 3.8) is 0 Å². The first-order chi connectivity index (χ1) is 8.70. The molecule has 0 amide bonds. The van der Waals surface area contributed by atoms with Crippen LogP contribution in [0, 0.1) is 5.82 Å². The average Bonchev–Trinajstić information content (AvgIpc) is 2.78. The van der Waals surface area contributed by atoms with E-state index in [1.165, 1.54) is 6.07 Å². The van der Waals surface area contributed by atoms with E-state index in [0.29, 0.717) is 22.2 Å². The summed E-state index contributed by atoms with van der Waals surface area (Å²) in [5.74, 6) is 0.652. The second kappa shape index (κ2) is 5.98. The normalized spacial score (nSPS) is 10.8. The van der Waals surface area contributed by atoms with E-state index < -0.39 is 5.82 Å². The molecule has 3 nitrogen and oxygen atoms in total. The van der Waals surface area contributed by atoms with E-state index in [9.17, 15) is 4.39 Å². The minimum atomic E-state index is -0.402. The summed E-state index contributed by atoms with van der Waals surface area (Å²) < 4.78 is 19.2. The van der Waals surface area contributed by atoms with E-state index in [-0.39, 0.29) is 0 Å². The van der Waals surface area contributed by atoms with Crippen LogP contribution in [0.5, 0.6) is 0 Å². The van der Waals surface area contributed by atoms with Crippen LogP contribution < -0.4 is 5.32 Å². The van der Waals surface area contributed by atoms with Gasteiger partial charge in [0, 0.05) is 11.4 Å². The van der Waals surface area contributed by atoms with Crippen molar-refractivity contribution in [1.29, 1.82) is 0 Å². The lowest BCUT2D eigenvalue weighted by Gasteiger charge is -1.99. The van der Waals surface area contributed by atoms with Gasteiger partial charge in [-0.15, -0.1) is 0 Å². The molecule has 1 N–H and O–H groups in total. The Morgan fingerprint density at radius 1 is 1.44 bits per heavy atom. The number of benzene rings is 1. The number of nitrogens with one attached hydrogen (secondary N) is 1. The van der Waals surface area contributed by atoms with Crippen LogP contribution in [0.3, 0.4) is 0 Å². The SMILES string of the molecule is CNCCCc1ncc(-c2ccc(Cl)cc2F)o1. The van der Waals surface area contributed by atoms with Gasteiger partial charge in [-0.25, -0.2) is 9.37 Å². The fourth-order valence-corrected chi connectivity index (χ4v) is 1.81. The molecular formula is C13H14ClFN2O. The lowest BCUT2D eigenvalue weighted by Crippen LogP contribution is -2.08. The Labute approximate surface area is 110 Å². The summed E-state index contributed by atoms with van der Waals surface area (Å²) in [6, 6.07) is 4.48. The molecule has 18 heavy (non-hydrogen) atoms. The van der Waals surface area contributed by atoms with Crippen molar-refractivity contribution >= 4 is 11.6 Å². The molecule has 0 radical (unpaired) electrons. The Kier molecular flexibility index (Phi) is 4.33. The maximum atomic E-state index is 13.7. The van der Waals surface area contributed by atoms with Crippen molar-refractivity contribution in [2.45, 2.75) is 12.8 Å². The Morgan fingerprint density at radius 2 is 2.28 bits per heavy atom. The lowest BCUT2D eigenvalue weighted by molar-refractivity contribution is 0.492. The first-order valence-corrected chi connectivity index (χ1v) is 6.13. The van der Waals surface area contributed by atoms with Gasteiger partial charge in [-0.3, -0.25) is 0 Å². The highest BCUT2D eigenvalue weighted by atomic mass is 35.5. The summed E-state index contributed by atoms with van der Waals surface area (Å²) in [6.45, 7) is 0.896.